The molecule has 0 aliphatic carbocycles. The summed E-state index contributed by atoms with van der Waals surface area (Å²) in [5, 5.41) is 0. The van der Waals surface area contributed by atoms with Gasteiger partial charge in [-0.25, -0.2) is 0 Å². The third-order valence-electron chi connectivity index (χ3n) is 1.92. The van der Waals surface area contributed by atoms with Crippen molar-refractivity contribution < 1.29 is 4.74 Å². The lowest BCUT2D eigenvalue weighted by Gasteiger charge is -2.05. The Bertz CT molecular complexity index is 299. The SMILES string of the molecule is CC(N)c1ccc2c(c1)SCO2. The van der Waals surface area contributed by atoms with Crippen LogP contribution in [0.3, 0.4) is 0 Å². The largest absolute Gasteiger partial charge is 0.481 e. The van der Waals surface area contributed by atoms with E-state index in [4.69, 9.17) is 10.5 Å². The Morgan fingerprint density at radius 2 is 2.42 bits per heavy atom. The zero-order valence-corrected chi connectivity index (χ0v) is 7.73. The number of hydrogen-bond donors (Lipinski definition) is 1. The molecule has 1 aliphatic heterocycles. The highest BCUT2D eigenvalue weighted by Crippen LogP contribution is 2.37. The van der Waals surface area contributed by atoms with Gasteiger partial charge in [0.05, 0.1) is 4.90 Å². The van der Waals surface area contributed by atoms with E-state index in [2.05, 4.69) is 6.07 Å². The van der Waals surface area contributed by atoms with Crippen LogP contribution < -0.4 is 10.5 Å². The van der Waals surface area contributed by atoms with Crippen LogP contribution >= 0.6 is 11.8 Å². The van der Waals surface area contributed by atoms with Crippen LogP contribution in [-0.2, 0) is 0 Å². The summed E-state index contributed by atoms with van der Waals surface area (Å²) >= 11 is 1.72. The predicted octanol–water partition coefficient (Wildman–Crippen LogP) is 2.15. The monoisotopic (exact) mass is 181 g/mol. The van der Waals surface area contributed by atoms with Gasteiger partial charge in [-0.1, -0.05) is 17.8 Å². The summed E-state index contributed by atoms with van der Waals surface area (Å²) in [4.78, 5) is 1.21. The van der Waals surface area contributed by atoms with E-state index in [1.165, 1.54) is 10.5 Å². The highest BCUT2D eigenvalue weighted by molar-refractivity contribution is 7.99. The Labute approximate surface area is 76.1 Å². The fourth-order valence-corrected chi connectivity index (χ4v) is 2.00. The number of fused-ring (bicyclic) bond motifs is 1. The van der Waals surface area contributed by atoms with Crippen LogP contribution in [0.25, 0.3) is 0 Å². The summed E-state index contributed by atoms with van der Waals surface area (Å²) in [6.07, 6.45) is 0. The zero-order valence-electron chi connectivity index (χ0n) is 6.91. The molecule has 1 aromatic carbocycles. The molecule has 2 rings (SSSR count). The smallest absolute Gasteiger partial charge is 0.138 e. The second kappa shape index (κ2) is 2.99. The average Bonchev–Trinajstić information content (AvgIpc) is 2.49. The fourth-order valence-electron chi connectivity index (χ4n) is 1.20. The molecule has 0 radical (unpaired) electrons. The van der Waals surface area contributed by atoms with Gasteiger partial charge in [0.25, 0.3) is 0 Å². The maximum atomic E-state index is 5.76. The van der Waals surface area contributed by atoms with Crippen LogP contribution in [0.1, 0.15) is 18.5 Å². The molecular weight excluding hydrogens is 170 g/mol. The van der Waals surface area contributed by atoms with Gasteiger partial charge in [-0.05, 0) is 24.6 Å². The number of hydrogen-bond acceptors (Lipinski definition) is 3. The first kappa shape index (κ1) is 7.95. The molecule has 0 saturated carbocycles. The van der Waals surface area contributed by atoms with Crippen molar-refractivity contribution in [1.29, 1.82) is 0 Å². The van der Waals surface area contributed by atoms with Gasteiger partial charge in [-0.3, -0.25) is 0 Å². The minimum absolute atomic E-state index is 0.108. The number of benzene rings is 1. The molecular formula is C9H11NOS. The van der Waals surface area contributed by atoms with Gasteiger partial charge in [-0.2, -0.15) is 0 Å². The van der Waals surface area contributed by atoms with E-state index >= 15 is 0 Å². The molecule has 0 saturated heterocycles. The van der Waals surface area contributed by atoms with Crippen molar-refractivity contribution in [2.24, 2.45) is 5.73 Å². The Balaban J connectivity index is 2.39. The fraction of sp³-hybridized carbons (Fsp3) is 0.333. The van der Waals surface area contributed by atoms with Crippen LogP contribution in [0, 0.1) is 0 Å². The van der Waals surface area contributed by atoms with Gasteiger partial charge >= 0.3 is 0 Å². The first-order chi connectivity index (χ1) is 5.77. The van der Waals surface area contributed by atoms with Gasteiger partial charge in [0, 0.05) is 6.04 Å². The third-order valence-corrected chi connectivity index (χ3v) is 2.79. The number of ether oxygens (including phenoxy) is 1. The van der Waals surface area contributed by atoms with Crippen molar-refractivity contribution in [3.8, 4) is 5.75 Å². The van der Waals surface area contributed by atoms with Crippen molar-refractivity contribution in [2.75, 3.05) is 5.94 Å². The Morgan fingerprint density at radius 3 is 3.17 bits per heavy atom. The minimum atomic E-state index is 0.108. The van der Waals surface area contributed by atoms with Crippen molar-refractivity contribution in [2.45, 2.75) is 17.9 Å². The Morgan fingerprint density at radius 1 is 1.58 bits per heavy atom. The van der Waals surface area contributed by atoms with Gasteiger partial charge in [0.15, 0.2) is 0 Å². The van der Waals surface area contributed by atoms with Crippen LogP contribution in [0.2, 0.25) is 0 Å². The summed E-state index contributed by atoms with van der Waals surface area (Å²) < 4.78 is 5.36. The quantitative estimate of drug-likeness (QED) is 0.721. The normalized spacial score (nSPS) is 16.8. The van der Waals surface area contributed by atoms with Crippen LogP contribution in [0.4, 0.5) is 0 Å². The van der Waals surface area contributed by atoms with Gasteiger partial charge in [-0.15, -0.1) is 0 Å². The molecule has 2 nitrogen and oxygen atoms in total. The Kier molecular flexibility index (Phi) is 1.98. The molecule has 1 unspecified atom stereocenters. The maximum Gasteiger partial charge on any atom is 0.138 e. The maximum absolute atomic E-state index is 5.76. The van der Waals surface area contributed by atoms with E-state index in [-0.39, 0.29) is 6.04 Å². The molecule has 64 valence electrons. The molecule has 1 aromatic rings. The minimum Gasteiger partial charge on any atom is -0.481 e. The van der Waals surface area contributed by atoms with E-state index in [1.54, 1.807) is 11.8 Å². The number of thioether (sulfide) groups is 1. The second-order valence-electron chi connectivity index (χ2n) is 2.90. The van der Waals surface area contributed by atoms with Crippen molar-refractivity contribution in [3.63, 3.8) is 0 Å². The molecule has 12 heavy (non-hydrogen) atoms. The van der Waals surface area contributed by atoms with E-state index in [1.807, 2.05) is 19.1 Å². The molecule has 0 aromatic heterocycles. The second-order valence-corrected chi connectivity index (χ2v) is 3.87. The highest BCUT2D eigenvalue weighted by atomic mass is 32.2. The van der Waals surface area contributed by atoms with E-state index in [0.29, 0.717) is 0 Å². The lowest BCUT2D eigenvalue weighted by Crippen LogP contribution is -2.04. The molecule has 1 heterocycles. The molecule has 0 bridgehead atoms. The first-order valence-corrected chi connectivity index (χ1v) is 4.91. The van der Waals surface area contributed by atoms with Crippen LogP contribution in [0.15, 0.2) is 23.1 Å². The predicted molar refractivity (Wildman–Crippen MR) is 50.4 cm³/mol. The number of nitrogens with two attached hydrogens (primary N) is 1. The van der Waals surface area contributed by atoms with E-state index in [9.17, 15) is 0 Å². The van der Waals surface area contributed by atoms with Crippen molar-refractivity contribution in [1.82, 2.24) is 0 Å². The van der Waals surface area contributed by atoms with Crippen molar-refractivity contribution in [3.05, 3.63) is 23.8 Å². The molecule has 2 N–H and O–H groups in total. The molecule has 3 heteroatoms. The number of rotatable bonds is 1. The van der Waals surface area contributed by atoms with Crippen LogP contribution in [-0.4, -0.2) is 5.94 Å². The third kappa shape index (κ3) is 1.30. The zero-order chi connectivity index (χ0) is 8.55. The standard InChI is InChI=1S/C9H11NOS/c1-6(10)7-2-3-8-9(4-7)12-5-11-8/h2-4,6H,5,10H2,1H3. The van der Waals surface area contributed by atoms with Crippen LogP contribution in [0.5, 0.6) is 5.75 Å². The van der Waals surface area contributed by atoms with Crippen molar-refractivity contribution >= 4 is 11.8 Å². The first-order valence-electron chi connectivity index (χ1n) is 3.92. The Hall–Kier alpha value is -0.670. The van der Waals surface area contributed by atoms with E-state index in [0.717, 1.165) is 11.7 Å². The van der Waals surface area contributed by atoms with Gasteiger partial charge in [0.2, 0.25) is 0 Å². The van der Waals surface area contributed by atoms with Gasteiger partial charge < -0.3 is 10.5 Å². The molecule has 1 atom stereocenters. The molecule has 1 aliphatic rings. The van der Waals surface area contributed by atoms with E-state index < -0.39 is 0 Å². The molecule has 0 fully saturated rings. The topological polar surface area (TPSA) is 35.2 Å². The summed E-state index contributed by atoms with van der Waals surface area (Å²) in [5.41, 5.74) is 6.93. The summed E-state index contributed by atoms with van der Waals surface area (Å²) in [7, 11) is 0. The lowest BCUT2D eigenvalue weighted by atomic mass is 10.1. The molecule has 0 spiro atoms. The summed E-state index contributed by atoms with van der Waals surface area (Å²) in [6, 6.07) is 6.23. The van der Waals surface area contributed by atoms with Gasteiger partial charge in [0.1, 0.15) is 11.7 Å². The average molecular weight is 181 g/mol. The highest BCUT2D eigenvalue weighted by Gasteiger charge is 2.13. The lowest BCUT2D eigenvalue weighted by molar-refractivity contribution is 0.397. The molecule has 0 amide bonds. The summed E-state index contributed by atoms with van der Waals surface area (Å²) in [5.74, 6) is 1.72. The summed E-state index contributed by atoms with van der Waals surface area (Å²) in [6.45, 7) is 1.99.